The summed E-state index contributed by atoms with van der Waals surface area (Å²) >= 11 is 0. The average Bonchev–Trinajstić information content (AvgIpc) is 3.58. The highest BCUT2D eigenvalue weighted by molar-refractivity contribution is 5.85. The molecule has 0 aromatic carbocycles. The Morgan fingerprint density at radius 1 is 0.961 bits per heavy atom. The van der Waals surface area contributed by atoms with Crippen LogP contribution in [0.2, 0.25) is 0 Å². The predicted octanol–water partition coefficient (Wildman–Crippen LogP) is 0.851. The number of carbonyl (C=O) groups is 2. The molecule has 51 heavy (non-hydrogen) atoms. The highest BCUT2D eigenvalue weighted by Crippen LogP contribution is 2.70. The van der Waals surface area contributed by atoms with Crippen LogP contribution in [0, 0.1) is 34.5 Å². The Morgan fingerprint density at radius 3 is 2.39 bits per heavy atom. The van der Waals surface area contributed by atoms with Gasteiger partial charge in [0.15, 0.2) is 12.6 Å². The van der Waals surface area contributed by atoms with Crippen LogP contribution in [-0.4, -0.2) is 129 Å². The largest absolute Gasteiger partial charge is 0.462 e. The van der Waals surface area contributed by atoms with Gasteiger partial charge in [-0.1, -0.05) is 13.8 Å². The van der Waals surface area contributed by atoms with Crippen molar-refractivity contribution in [2.75, 3.05) is 13.2 Å². The summed E-state index contributed by atoms with van der Waals surface area (Å²) in [7, 11) is 0. The van der Waals surface area contributed by atoms with Gasteiger partial charge in [0.25, 0.3) is 0 Å². The molecule has 6 N–H and O–H groups in total. The molecule has 0 radical (unpaired) electrons. The number of rotatable bonds is 7. The fourth-order valence-corrected chi connectivity index (χ4v) is 11.7. The Bertz CT molecular complexity index is 1340. The molecule has 18 unspecified atom stereocenters. The van der Waals surface area contributed by atoms with Crippen LogP contribution in [0.4, 0.5) is 0 Å². The van der Waals surface area contributed by atoms with Crippen molar-refractivity contribution in [3.63, 3.8) is 0 Å². The smallest absolute Gasteiger partial charge is 0.331 e. The zero-order chi connectivity index (χ0) is 36.6. The minimum atomic E-state index is -1.59. The van der Waals surface area contributed by atoms with Crippen LogP contribution < -0.4 is 0 Å². The van der Waals surface area contributed by atoms with E-state index in [1.807, 2.05) is 0 Å². The van der Waals surface area contributed by atoms with Crippen molar-refractivity contribution in [3.8, 4) is 0 Å². The van der Waals surface area contributed by atoms with Gasteiger partial charge in [-0.15, -0.1) is 0 Å². The van der Waals surface area contributed by atoms with E-state index in [9.17, 15) is 40.2 Å². The minimum absolute atomic E-state index is 0.0227. The van der Waals surface area contributed by atoms with E-state index in [0.717, 1.165) is 50.5 Å². The number of hydrogen-bond donors (Lipinski definition) is 6. The van der Waals surface area contributed by atoms with Gasteiger partial charge in [-0.2, -0.15) is 0 Å². The quantitative estimate of drug-likeness (QED) is 0.159. The highest BCUT2D eigenvalue weighted by Gasteiger charge is 2.71. The SMILES string of the molecule is CC(=O)OC1CC2(O)C3CCC4CC(OC5CC(O)C(OC6OC(CO)C(O)C(O)C6O)C(C)O5)CCC4(C)C3CCC2(C)C1C1=CC(=O)OC1. The van der Waals surface area contributed by atoms with E-state index in [4.69, 9.17) is 28.4 Å². The van der Waals surface area contributed by atoms with Gasteiger partial charge in [0.1, 0.15) is 43.2 Å². The molecular formula is C37H56O14. The van der Waals surface area contributed by atoms with Crippen LogP contribution in [0.15, 0.2) is 11.6 Å². The lowest BCUT2D eigenvalue weighted by molar-refractivity contribution is -0.344. The number of aliphatic hydroxyl groups excluding tert-OH is 5. The average molecular weight is 725 g/mol. The Kier molecular flexibility index (Phi) is 10.2. The van der Waals surface area contributed by atoms with Gasteiger partial charge in [0, 0.05) is 37.2 Å². The standard InChI is InChI=1S/C37H56O14/c1-17-33(51-34-32(44)31(43)30(42)26(15-38)50-34)24(40)13-28(47-17)49-21-7-9-35(3)20(12-21)5-6-23-22(35)8-10-36(4)29(19-11-27(41)46-16-19)25(48-18(2)39)14-37(23,36)45/h11,17,20-26,28-34,38,40,42-45H,5-10,12-16H2,1-4H3. The van der Waals surface area contributed by atoms with Gasteiger partial charge >= 0.3 is 11.9 Å². The van der Waals surface area contributed by atoms with Gasteiger partial charge < -0.3 is 59.1 Å². The predicted molar refractivity (Wildman–Crippen MR) is 175 cm³/mol. The molecule has 0 spiro atoms. The van der Waals surface area contributed by atoms with Crippen LogP contribution in [0.5, 0.6) is 0 Å². The third-order valence-corrected chi connectivity index (χ3v) is 14.3. The lowest BCUT2D eigenvalue weighted by Crippen LogP contribution is -2.62. The highest BCUT2D eigenvalue weighted by atomic mass is 16.7. The first-order valence-electron chi connectivity index (χ1n) is 18.8. The molecule has 4 saturated carbocycles. The molecule has 3 aliphatic heterocycles. The molecule has 0 aromatic rings. The Balaban J connectivity index is 0.989. The van der Waals surface area contributed by atoms with Crippen molar-refractivity contribution in [1.82, 2.24) is 0 Å². The normalized spacial score (nSPS) is 52.6. The van der Waals surface area contributed by atoms with Crippen molar-refractivity contribution < 1.29 is 68.6 Å². The molecule has 288 valence electrons. The maximum absolute atomic E-state index is 12.8. The first kappa shape index (κ1) is 37.6. The minimum Gasteiger partial charge on any atom is -0.462 e. The van der Waals surface area contributed by atoms with Crippen LogP contribution in [0.1, 0.15) is 85.5 Å². The van der Waals surface area contributed by atoms with E-state index in [1.165, 1.54) is 13.0 Å². The zero-order valence-corrected chi connectivity index (χ0v) is 30.0. The summed E-state index contributed by atoms with van der Waals surface area (Å²) in [5, 5.41) is 64.0. The van der Waals surface area contributed by atoms with Crippen molar-refractivity contribution >= 4 is 11.9 Å². The fraction of sp³-hybridized carbons (Fsp3) is 0.892. The number of fused-ring (bicyclic) bond motifs is 5. The molecule has 14 nitrogen and oxygen atoms in total. The number of carbonyl (C=O) groups excluding carboxylic acids is 2. The van der Waals surface area contributed by atoms with Crippen molar-refractivity contribution in [2.24, 2.45) is 34.5 Å². The van der Waals surface area contributed by atoms with Crippen molar-refractivity contribution in [2.45, 2.75) is 159 Å². The summed E-state index contributed by atoms with van der Waals surface area (Å²) in [4.78, 5) is 24.3. The van der Waals surface area contributed by atoms with Crippen molar-refractivity contribution in [1.29, 1.82) is 0 Å². The van der Waals surface area contributed by atoms with Crippen LogP contribution in [0.3, 0.4) is 0 Å². The summed E-state index contributed by atoms with van der Waals surface area (Å²) in [6.07, 6.45) is -3.11. The van der Waals surface area contributed by atoms with Gasteiger partial charge in [0.2, 0.25) is 0 Å². The number of hydrogen-bond acceptors (Lipinski definition) is 14. The van der Waals surface area contributed by atoms with Gasteiger partial charge in [-0.05, 0) is 80.6 Å². The Morgan fingerprint density at radius 2 is 1.73 bits per heavy atom. The van der Waals surface area contributed by atoms with Gasteiger partial charge in [0.05, 0.1) is 30.5 Å². The lowest BCUT2D eigenvalue weighted by Gasteiger charge is -2.63. The number of aliphatic hydroxyl groups is 6. The summed E-state index contributed by atoms with van der Waals surface area (Å²) in [6.45, 7) is 7.16. The van der Waals surface area contributed by atoms with E-state index in [0.29, 0.717) is 12.3 Å². The molecule has 18 atom stereocenters. The van der Waals surface area contributed by atoms with Gasteiger partial charge in [-0.3, -0.25) is 4.79 Å². The summed E-state index contributed by atoms with van der Waals surface area (Å²) in [6, 6.07) is 0. The molecule has 6 fully saturated rings. The van der Waals surface area contributed by atoms with E-state index in [-0.39, 0.29) is 42.3 Å². The van der Waals surface area contributed by atoms with Crippen LogP contribution >= 0.6 is 0 Å². The number of esters is 2. The van der Waals surface area contributed by atoms with Crippen LogP contribution in [0.25, 0.3) is 0 Å². The third kappa shape index (κ3) is 6.28. The molecule has 4 aliphatic carbocycles. The van der Waals surface area contributed by atoms with Gasteiger partial charge in [-0.25, -0.2) is 4.79 Å². The molecule has 14 heteroatoms. The monoisotopic (exact) mass is 724 g/mol. The fourth-order valence-electron chi connectivity index (χ4n) is 11.7. The maximum Gasteiger partial charge on any atom is 0.331 e. The Labute approximate surface area is 298 Å². The first-order chi connectivity index (χ1) is 24.1. The van der Waals surface area contributed by atoms with Crippen LogP contribution in [-0.2, 0) is 38.0 Å². The van der Waals surface area contributed by atoms with E-state index in [1.54, 1.807) is 6.92 Å². The second-order valence-electron chi connectivity index (χ2n) is 16.9. The molecule has 0 bridgehead atoms. The molecule has 7 aliphatic rings. The maximum atomic E-state index is 12.8. The summed E-state index contributed by atoms with van der Waals surface area (Å²) in [5.41, 5.74) is -0.856. The third-order valence-electron chi connectivity index (χ3n) is 14.3. The summed E-state index contributed by atoms with van der Waals surface area (Å²) in [5.74, 6) is -0.416. The molecule has 0 aromatic heterocycles. The van der Waals surface area contributed by atoms with E-state index >= 15 is 0 Å². The summed E-state index contributed by atoms with van der Waals surface area (Å²) < 4.78 is 35.1. The van der Waals surface area contributed by atoms with E-state index in [2.05, 4.69) is 13.8 Å². The number of cyclic esters (lactones) is 1. The molecule has 0 amide bonds. The molecular weight excluding hydrogens is 668 g/mol. The lowest BCUT2D eigenvalue weighted by atomic mass is 9.43. The topological polar surface area (TPSA) is 211 Å². The first-order valence-corrected chi connectivity index (χ1v) is 18.8. The molecule has 3 heterocycles. The second kappa shape index (κ2) is 13.8. The Hall–Kier alpha value is -1.72. The van der Waals surface area contributed by atoms with Crippen molar-refractivity contribution in [3.05, 3.63) is 11.6 Å². The molecule has 7 rings (SSSR count). The second-order valence-corrected chi connectivity index (χ2v) is 16.9. The number of ether oxygens (including phenoxy) is 6. The van der Waals surface area contributed by atoms with E-state index < -0.39 is 91.0 Å². The molecule has 2 saturated heterocycles. The zero-order valence-electron chi connectivity index (χ0n) is 30.0.